The van der Waals surface area contributed by atoms with Gasteiger partial charge >= 0.3 is 6.03 Å². The zero-order chi connectivity index (χ0) is 9.10. The van der Waals surface area contributed by atoms with Crippen LogP contribution in [0.5, 0.6) is 0 Å². The predicted molar refractivity (Wildman–Crippen MR) is 50.5 cm³/mol. The van der Waals surface area contributed by atoms with Crippen molar-refractivity contribution in [1.29, 1.82) is 0 Å². The number of rotatable bonds is 2. The Morgan fingerprint density at radius 2 is 2.62 bits per heavy atom. The molecule has 1 aliphatic heterocycles. The van der Waals surface area contributed by atoms with Gasteiger partial charge in [0.15, 0.2) is 0 Å². The molecule has 1 saturated heterocycles. The van der Waals surface area contributed by atoms with Crippen LogP contribution in [-0.2, 0) is 6.54 Å². The predicted octanol–water partition coefficient (Wildman–Crippen LogP) is 1.06. The van der Waals surface area contributed by atoms with E-state index in [1.165, 1.54) is 0 Å². The molecule has 2 amide bonds. The van der Waals surface area contributed by atoms with E-state index in [-0.39, 0.29) is 6.03 Å². The van der Waals surface area contributed by atoms with Crippen molar-refractivity contribution in [2.75, 3.05) is 13.1 Å². The van der Waals surface area contributed by atoms with Gasteiger partial charge in [0.1, 0.15) is 0 Å². The molecule has 1 aliphatic rings. The molecule has 0 saturated carbocycles. The van der Waals surface area contributed by atoms with E-state index in [1.54, 1.807) is 16.8 Å². The fourth-order valence-electron chi connectivity index (χ4n) is 1.34. The molecule has 5 heteroatoms. The lowest BCUT2D eigenvalue weighted by Crippen LogP contribution is -2.45. The van der Waals surface area contributed by atoms with Crippen LogP contribution in [0.1, 0.15) is 11.3 Å². The lowest BCUT2D eigenvalue weighted by Gasteiger charge is -2.26. The standard InChI is InChI=1S/C8H11N3OS/c12-8-10-2-1-3-11(8)5-7-4-9-6-13-7/h4,6H,1-3,5H2,(H,10,12). The molecule has 0 atom stereocenters. The second kappa shape index (κ2) is 3.74. The van der Waals surface area contributed by atoms with E-state index >= 15 is 0 Å². The quantitative estimate of drug-likeness (QED) is 0.770. The van der Waals surface area contributed by atoms with Gasteiger partial charge in [-0.25, -0.2) is 4.79 Å². The highest BCUT2D eigenvalue weighted by Crippen LogP contribution is 2.11. The highest BCUT2D eigenvalue weighted by Gasteiger charge is 2.17. The summed E-state index contributed by atoms with van der Waals surface area (Å²) in [5.74, 6) is 0. The third kappa shape index (κ3) is 1.98. The summed E-state index contributed by atoms with van der Waals surface area (Å²) in [5, 5.41) is 2.82. The Kier molecular flexibility index (Phi) is 2.44. The monoisotopic (exact) mass is 197 g/mol. The maximum absolute atomic E-state index is 11.3. The minimum absolute atomic E-state index is 0.0413. The fourth-order valence-corrected chi connectivity index (χ4v) is 1.95. The van der Waals surface area contributed by atoms with Gasteiger partial charge in [-0.05, 0) is 6.42 Å². The van der Waals surface area contributed by atoms with Crippen LogP contribution in [0.3, 0.4) is 0 Å². The van der Waals surface area contributed by atoms with Crippen molar-refractivity contribution in [3.8, 4) is 0 Å². The van der Waals surface area contributed by atoms with Crippen LogP contribution < -0.4 is 5.32 Å². The zero-order valence-corrected chi connectivity index (χ0v) is 8.01. The first-order chi connectivity index (χ1) is 6.36. The van der Waals surface area contributed by atoms with Crippen LogP contribution >= 0.6 is 11.3 Å². The van der Waals surface area contributed by atoms with Crippen LogP contribution in [0, 0.1) is 0 Å². The van der Waals surface area contributed by atoms with Gasteiger partial charge in [0.25, 0.3) is 0 Å². The lowest BCUT2D eigenvalue weighted by molar-refractivity contribution is 0.184. The van der Waals surface area contributed by atoms with E-state index in [0.717, 1.165) is 24.4 Å². The smallest absolute Gasteiger partial charge is 0.317 e. The average Bonchev–Trinajstić information content (AvgIpc) is 2.61. The molecule has 0 unspecified atom stereocenters. The summed E-state index contributed by atoms with van der Waals surface area (Å²) in [5.41, 5.74) is 1.79. The second-order valence-corrected chi connectivity index (χ2v) is 3.95. The molecule has 1 aromatic rings. The first kappa shape index (κ1) is 8.50. The Morgan fingerprint density at radius 1 is 1.69 bits per heavy atom. The van der Waals surface area contributed by atoms with E-state index in [0.29, 0.717) is 6.54 Å². The molecule has 1 fully saturated rings. The normalized spacial score (nSPS) is 17.2. The fraction of sp³-hybridized carbons (Fsp3) is 0.500. The second-order valence-electron chi connectivity index (χ2n) is 2.97. The number of urea groups is 1. The number of carbonyl (C=O) groups excluding carboxylic acids is 1. The van der Waals surface area contributed by atoms with Gasteiger partial charge in [0.05, 0.1) is 12.1 Å². The summed E-state index contributed by atoms with van der Waals surface area (Å²) < 4.78 is 0. The van der Waals surface area contributed by atoms with Crippen molar-refractivity contribution in [2.45, 2.75) is 13.0 Å². The number of carbonyl (C=O) groups is 1. The molecule has 4 nitrogen and oxygen atoms in total. The Balaban J connectivity index is 1.97. The first-order valence-corrected chi connectivity index (χ1v) is 5.14. The number of hydrogen-bond donors (Lipinski definition) is 1. The van der Waals surface area contributed by atoms with E-state index in [9.17, 15) is 4.79 Å². The average molecular weight is 197 g/mol. The molecular weight excluding hydrogens is 186 g/mol. The highest BCUT2D eigenvalue weighted by molar-refractivity contribution is 7.09. The molecule has 0 bridgehead atoms. The van der Waals surface area contributed by atoms with Crippen molar-refractivity contribution in [2.24, 2.45) is 0 Å². The Labute approximate surface area is 80.6 Å². The lowest BCUT2D eigenvalue weighted by atomic mass is 10.3. The molecule has 2 heterocycles. The number of thiazole rings is 1. The molecule has 0 aliphatic carbocycles. The van der Waals surface area contributed by atoms with E-state index < -0.39 is 0 Å². The van der Waals surface area contributed by atoms with Crippen LogP contribution in [-0.4, -0.2) is 29.0 Å². The van der Waals surface area contributed by atoms with Crippen LogP contribution in [0.25, 0.3) is 0 Å². The summed E-state index contributed by atoms with van der Waals surface area (Å²) in [6, 6.07) is 0.0413. The van der Waals surface area contributed by atoms with Crippen molar-refractivity contribution >= 4 is 17.4 Å². The number of nitrogens with one attached hydrogen (secondary N) is 1. The summed E-state index contributed by atoms with van der Waals surface area (Å²) in [6.45, 7) is 2.35. The molecule has 1 aromatic heterocycles. The molecule has 0 radical (unpaired) electrons. The molecule has 70 valence electrons. The van der Waals surface area contributed by atoms with E-state index in [2.05, 4.69) is 10.3 Å². The molecule has 0 spiro atoms. The first-order valence-electron chi connectivity index (χ1n) is 4.26. The maximum Gasteiger partial charge on any atom is 0.317 e. The Morgan fingerprint density at radius 3 is 3.31 bits per heavy atom. The summed E-state index contributed by atoms with van der Waals surface area (Å²) in [6.07, 6.45) is 2.84. The van der Waals surface area contributed by atoms with Crippen molar-refractivity contribution in [1.82, 2.24) is 15.2 Å². The van der Waals surface area contributed by atoms with Gasteiger partial charge < -0.3 is 10.2 Å². The molecular formula is C8H11N3OS. The van der Waals surface area contributed by atoms with Crippen molar-refractivity contribution in [3.05, 3.63) is 16.6 Å². The van der Waals surface area contributed by atoms with Gasteiger partial charge in [-0.2, -0.15) is 0 Å². The summed E-state index contributed by atoms with van der Waals surface area (Å²) in [4.78, 5) is 18.2. The molecule has 1 N–H and O–H groups in total. The minimum atomic E-state index is 0.0413. The van der Waals surface area contributed by atoms with Gasteiger partial charge in [0.2, 0.25) is 0 Å². The van der Waals surface area contributed by atoms with Crippen molar-refractivity contribution in [3.63, 3.8) is 0 Å². The Hall–Kier alpha value is -1.10. The maximum atomic E-state index is 11.3. The van der Waals surface area contributed by atoms with Gasteiger partial charge in [-0.3, -0.25) is 4.98 Å². The van der Waals surface area contributed by atoms with Crippen LogP contribution in [0.15, 0.2) is 11.7 Å². The molecule has 0 aromatic carbocycles. The number of aromatic nitrogens is 1. The van der Waals surface area contributed by atoms with Gasteiger partial charge in [-0.15, -0.1) is 11.3 Å². The van der Waals surface area contributed by atoms with Gasteiger partial charge in [-0.1, -0.05) is 0 Å². The SMILES string of the molecule is O=C1NCCCN1Cc1cncs1. The van der Waals surface area contributed by atoms with E-state index in [4.69, 9.17) is 0 Å². The summed E-state index contributed by atoms with van der Waals surface area (Å²) >= 11 is 1.59. The number of nitrogens with zero attached hydrogens (tertiary/aromatic N) is 2. The zero-order valence-electron chi connectivity index (χ0n) is 7.19. The topological polar surface area (TPSA) is 45.2 Å². The number of amides is 2. The number of hydrogen-bond acceptors (Lipinski definition) is 3. The minimum Gasteiger partial charge on any atom is -0.338 e. The third-order valence-corrected chi connectivity index (χ3v) is 2.76. The summed E-state index contributed by atoms with van der Waals surface area (Å²) in [7, 11) is 0. The molecule has 13 heavy (non-hydrogen) atoms. The largest absolute Gasteiger partial charge is 0.338 e. The highest BCUT2D eigenvalue weighted by atomic mass is 32.1. The van der Waals surface area contributed by atoms with Crippen LogP contribution in [0.2, 0.25) is 0 Å². The van der Waals surface area contributed by atoms with E-state index in [1.807, 2.05) is 11.1 Å². The van der Waals surface area contributed by atoms with Crippen molar-refractivity contribution < 1.29 is 4.79 Å². The molecule has 2 rings (SSSR count). The third-order valence-electron chi connectivity index (χ3n) is 2.00. The van der Waals surface area contributed by atoms with Crippen LogP contribution in [0.4, 0.5) is 4.79 Å². The van der Waals surface area contributed by atoms with Gasteiger partial charge in [0, 0.05) is 24.2 Å². The Bertz CT molecular complexity index is 286.